The molecule has 1 atom stereocenters. The van der Waals surface area contributed by atoms with Crippen LogP contribution in [0.2, 0.25) is 0 Å². The molecule has 0 bridgehead atoms. The van der Waals surface area contributed by atoms with Crippen molar-refractivity contribution < 1.29 is 23.1 Å². The Balaban J connectivity index is 2.25. The molecule has 0 aliphatic carbocycles. The highest BCUT2D eigenvalue weighted by atomic mass is 19.4. The van der Waals surface area contributed by atoms with Crippen LogP contribution in [0.1, 0.15) is 23.6 Å². The van der Waals surface area contributed by atoms with E-state index >= 15 is 0 Å². The van der Waals surface area contributed by atoms with Gasteiger partial charge < -0.3 is 10.0 Å². The van der Waals surface area contributed by atoms with Gasteiger partial charge in [-0.05, 0) is 29.5 Å². The first-order chi connectivity index (χ1) is 9.32. The van der Waals surface area contributed by atoms with Crippen molar-refractivity contribution in [1.29, 1.82) is 0 Å². The van der Waals surface area contributed by atoms with Crippen LogP contribution in [-0.4, -0.2) is 34.9 Å². The lowest BCUT2D eigenvalue weighted by molar-refractivity contribution is -0.194. The maximum atomic E-state index is 12.5. The highest BCUT2D eigenvalue weighted by Crippen LogP contribution is 2.25. The van der Waals surface area contributed by atoms with E-state index in [4.69, 9.17) is 0 Å². The van der Waals surface area contributed by atoms with Gasteiger partial charge in [0, 0.05) is 13.0 Å². The minimum atomic E-state index is -4.95. The van der Waals surface area contributed by atoms with Crippen LogP contribution in [0.15, 0.2) is 18.2 Å². The number of fused-ring (bicyclic) bond motifs is 1. The van der Waals surface area contributed by atoms with Crippen LogP contribution in [-0.2, 0) is 24.1 Å². The van der Waals surface area contributed by atoms with E-state index in [1.807, 2.05) is 25.1 Å². The van der Waals surface area contributed by atoms with Gasteiger partial charge in [0.05, 0.1) is 0 Å². The van der Waals surface area contributed by atoms with Gasteiger partial charge in [-0.1, -0.05) is 25.1 Å². The second-order valence-electron chi connectivity index (χ2n) is 4.89. The molecule has 1 aromatic carbocycles. The summed E-state index contributed by atoms with van der Waals surface area (Å²) in [6.07, 6.45) is -5.22. The van der Waals surface area contributed by atoms with Crippen LogP contribution < -0.4 is 0 Å². The van der Waals surface area contributed by atoms with E-state index in [1.54, 1.807) is 0 Å². The molecule has 0 fully saturated rings. The Hall–Kier alpha value is -1.56. The van der Waals surface area contributed by atoms with E-state index in [9.17, 15) is 23.1 Å². The molecule has 1 unspecified atom stereocenters. The summed E-state index contributed by atoms with van der Waals surface area (Å²) in [4.78, 5) is 11.8. The zero-order valence-electron chi connectivity index (χ0n) is 11.1. The molecule has 6 heteroatoms. The number of halogens is 3. The van der Waals surface area contributed by atoms with Gasteiger partial charge in [-0.3, -0.25) is 4.79 Å². The number of hydrogen-bond donors (Lipinski definition) is 1. The number of carbonyl (C=O) groups is 1. The van der Waals surface area contributed by atoms with E-state index in [1.165, 1.54) is 0 Å². The minimum Gasteiger partial charge on any atom is -0.373 e. The van der Waals surface area contributed by atoms with E-state index in [0.29, 0.717) is 11.3 Å². The average molecular weight is 287 g/mol. The van der Waals surface area contributed by atoms with E-state index in [0.717, 1.165) is 23.1 Å². The number of aliphatic hydroxyl groups excluding tert-OH is 1. The summed E-state index contributed by atoms with van der Waals surface area (Å²) >= 11 is 0. The summed E-state index contributed by atoms with van der Waals surface area (Å²) in [6, 6.07) is 5.68. The lowest BCUT2D eigenvalue weighted by atomic mass is 9.99. The molecule has 0 saturated carbocycles. The Bertz CT molecular complexity index is 514. The molecule has 2 rings (SSSR count). The summed E-state index contributed by atoms with van der Waals surface area (Å²) < 4.78 is 37.5. The van der Waals surface area contributed by atoms with Crippen LogP contribution in [0.5, 0.6) is 0 Å². The lowest BCUT2D eigenvalue weighted by Gasteiger charge is -2.26. The molecule has 0 saturated heterocycles. The highest BCUT2D eigenvalue weighted by Gasteiger charge is 2.44. The normalized spacial score (nSPS) is 19.4. The van der Waals surface area contributed by atoms with Crippen molar-refractivity contribution in [1.82, 2.24) is 4.90 Å². The largest absolute Gasteiger partial charge is 0.471 e. The standard InChI is InChI=1S/C14H16F3NO2/c1-2-9-3-4-10-5-6-18(13(20)14(15,16)17)12(19)8-11(10)7-9/h3-4,7,12,19H,2,5-6,8H2,1H3. The number of rotatable bonds is 1. The van der Waals surface area contributed by atoms with Crippen molar-refractivity contribution in [3.63, 3.8) is 0 Å². The summed E-state index contributed by atoms with van der Waals surface area (Å²) in [6.45, 7) is 1.85. The molecule has 0 radical (unpaired) electrons. The molecular formula is C14H16F3NO2. The number of hydrogen-bond acceptors (Lipinski definition) is 2. The van der Waals surface area contributed by atoms with E-state index < -0.39 is 18.3 Å². The minimum absolute atomic E-state index is 0.0327. The zero-order valence-corrected chi connectivity index (χ0v) is 11.1. The second kappa shape index (κ2) is 5.44. The topological polar surface area (TPSA) is 40.5 Å². The highest BCUT2D eigenvalue weighted by molar-refractivity contribution is 5.82. The van der Waals surface area contributed by atoms with Gasteiger partial charge in [0.15, 0.2) is 0 Å². The quantitative estimate of drug-likeness (QED) is 0.859. The van der Waals surface area contributed by atoms with Gasteiger partial charge in [0.2, 0.25) is 0 Å². The van der Waals surface area contributed by atoms with Gasteiger partial charge in [-0.25, -0.2) is 0 Å². The number of aliphatic hydroxyl groups is 1. The third kappa shape index (κ3) is 2.95. The molecule has 1 N–H and O–H groups in total. The van der Waals surface area contributed by atoms with Crippen LogP contribution in [0.25, 0.3) is 0 Å². The first-order valence-electron chi connectivity index (χ1n) is 6.49. The van der Waals surface area contributed by atoms with Crippen molar-refractivity contribution in [2.24, 2.45) is 0 Å². The molecule has 1 amide bonds. The fraction of sp³-hybridized carbons (Fsp3) is 0.500. The van der Waals surface area contributed by atoms with Crippen LogP contribution >= 0.6 is 0 Å². The molecule has 1 aliphatic heterocycles. The number of carbonyl (C=O) groups excluding carboxylic acids is 1. The van der Waals surface area contributed by atoms with Crippen molar-refractivity contribution in [2.45, 2.75) is 38.6 Å². The zero-order chi connectivity index (χ0) is 14.9. The van der Waals surface area contributed by atoms with Gasteiger partial charge in [-0.2, -0.15) is 13.2 Å². The second-order valence-corrected chi connectivity index (χ2v) is 4.89. The van der Waals surface area contributed by atoms with E-state index in [-0.39, 0.29) is 13.0 Å². The number of nitrogens with zero attached hydrogens (tertiary/aromatic N) is 1. The van der Waals surface area contributed by atoms with Crippen molar-refractivity contribution in [3.8, 4) is 0 Å². The molecule has 1 heterocycles. The molecule has 110 valence electrons. The molecule has 0 spiro atoms. The molecule has 0 aromatic heterocycles. The SMILES string of the molecule is CCc1ccc2c(c1)CC(O)N(C(=O)C(F)(F)F)CC2. The number of aryl methyl sites for hydroxylation is 1. The number of amides is 1. The third-order valence-electron chi connectivity index (χ3n) is 3.57. The Labute approximate surface area is 115 Å². The van der Waals surface area contributed by atoms with Crippen LogP contribution in [0.4, 0.5) is 13.2 Å². The predicted octanol–water partition coefficient (Wildman–Crippen LogP) is 2.06. The first kappa shape index (κ1) is 14.8. The Morgan fingerprint density at radius 1 is 1.40 bits per heavy atom. The van der Waals surface area contributed by atoms with Gasteiger partial charge in [0.1, 0.15) is 6.23 Å². The van der Waals surface area contributed by atoms with Crippen LogP contribution in [0.3, 0.4) is 0 Å². The lowest BCUT2D eigenvalue weighted by Crippen LogP contribution is -2.47. The summed E-state index contributed by atoms with van der Waals surface area (Å²) in [7, 11) is 0. The molecule has 1 aliphatic rings. The first-order valence-corrected chi connectivity index (χ1v) is 6.49. The fourth-order valence-corrected chi connectivity index (χ4v) is 2.43. The van der Waals surface area contributed by atoms with Crippen LogP contribution in [0, 0.1) is 0 Å². The molecule has 1 aromatic rings. The van der Waals surface area contributed by atoms with E-state index in [2.05, 4.69) is 0 Å². The Kier molecular flexibility index (Phi) is 4.04. The molecule has 20 heavy (non-hydrogen) atoms. The maximum Gasteiger partial charge on any atom is 0.471 e. The van der Waals surface area contributed by atoms with Crippen molar-refractivity contribution in [2.75, 3.05) is 6.54 Å². The molecule has 3 nitrogen and oxygen atoms in total. The average Bonchev–Trinajstić information content (AvgIpc) is 2.54. The summed E-state index contributed by atoms with van der Waals surface area (Å²) in [5, 5.41) is 9.90. The maximum absolute atomic E-state index is 12.5. The fourth-order valence-electron chi connectivity index (χ4n) is 2.43. The Morgan fingerprint density at radius 2 is 2.10 bits per heavy atom. The third-order valence-corrected chi connectivity index (χ3v) is 3.57. The van der Waals surface area contributed by atoms with Crippen molar-refractivity contribution in [3.05, 3.63) is 34.9 Å². The Morgan fingerprint density at radius 3 is 2.70 bits per heavy atom. The monoisotopic (exact) mass is 287 g/mol. The number of benzene rings is 1. The smallest absolute Gasteiger partial charge is 0.373 e. The molecular weight excluding hydrogens is 271 g/mol. The predicted molar refractivity (Wildman–Crippen MR) is 67.0 cm³/mol. The van der Waals surface area contributed by atoms with Gasteiger partial charge in [-0.15, -0.1) is 0 Å². The number of alkyl halides is 3. The summed E-state index contributed by atoms with van der Waals surface area (Å²) in [5.74, 6) is -1.98. The summed E-state index contributed by atoms with van der Waals surface area (Å²) in [5.41, 5.74) is 2.76. The van der Waals surface area contributed by atoms with Crippen molar-refractivity contribution >= 4 is 5.91 Å². The van der Waals surface area contributed by atoms with Gasteiger partial charge in [0.25, 0.3) is 0 Å². The van der Waals surface area contributed by atoms with Gasteiger partial charge >= 0.3 is 12.1 Å².